The molecule has 5 heteroatoms. The van der Waals surface area contributed by atoms with Gasteiger partial charge in [-0.1, -0.05) is 42.5 Å². The van der Waals surface area contributed by atoms with E-state index in [0.717, 1.165) is 49.7 Å². The maximum absolute atomic E-state index is 13.7. The van der Waals surface area contributed by atoms with E-state index in [4.69, 9.17) is 9.97 Å². The highest BCUT2D eigenvalue weighted by atomic mass is 19.1. The highest BCUT2D eigenvalue weighted by molar-refractivity contribution is 5.61. The zero-order chi connectivity index (χ0) is 18.6. The summed E-state index contributed by atoms with van der Waals surface area (Å²) in [5, 5.41) is 2.33. The van der Waals surface area contributed by atoms with Gasteiger partial charge in [-0.25, -0.2) is 14.4 Å². The average Bonchev–Trinajstić information content (AvgIpc) is 2.71. The molecule has 1 fully saturated rings. The molecule has 0 saturated carbocycles. The van der Waals surface area contributed by atoms with Crippen LogP contribution in [0, 0.1) is 12.7 Å². The fourth-order valence-electron chi connectivity index (χ4n) is 3.57. The van der Waals surface area contributed by atoms with Gasteiger partial charge in [-0.15, -0.1) is 0 Å². The molecule has 4 nitrogen and oxygen atoms in total. The molecular formula is C22H24FN4+. The predicted octanol–water partition coefficient (Wildman–Crippen LogP) is 2.57. The number of quaternary nitrogens is 1. The van der Waals surface area contributed by atoms with Gasteiger partial charge in [-0.3, -0.25) is 0 Å². The number of benzene rings is 2. The van der Waals surface area contributed by atoms with E-state index in [9.17, 15) is 4.39 Å². The Balaban J connectivity index is 1.79. The first-order valence-corrected chi connectivity index (χ1v) is 9.45. The van der Waals surface area contributed by atoms with Crippen LogP contribution in [0.2, 0.25) is 0 Å². The van der Waals surface area contributed by atoms with Crippen molar-refractivity contribution >= 4 is 5.82 Å². The monoisotopic (exact) mass is 363 g/mol. The van der Waals surface area contributed by atoms with E-state index in [0.29, 0.717) is 11.4 Å². The van der Waals surface area contributed by atoms with E-state index in [1.165, 1.54) is 17.7 Å². The van der Waals surface area contributed by atoms with Crippen molar-refractivity contribution in [3.63, 3.8) is 0 Å². The van der Waals surface area contributed by atoms with E-state index in [1.807, 2.05) is 19.1 Å². The zero-order valence-corrected chi connectivity index (χ0v) is 15.5. The lowest BCUT2D eigenvalue weighted by Gasteiger charge is -2.29. The van der Waals surface area contributed by atoms with E-state index < -0.39 is 0 Å². The molecule has 0 bridgehead atoms. The van der Waals surface area contributed by atoms with Crippen LogP contribution in [0.25, 0.3) is 11.4 Å². The van der Waals surface area contributed by atoms with Crippen LogP contribution in [0.4, 0.5) is 10.2 Å². The highest BCUT2D eigenvalue weighted by Gasteiger charge is 2.21. The SMILES string of the molecule is Cc1nc(-c2cccc(F)c2)nc(N2CC[NH2+]CC2)c1Cc1ccccc1. The number of aryl methyl sites for hydroxylation is 1. The molecule has 0 aliphatic carbocycles. The molecule has 4 rings (SSSR count). The van der Waals surface area contributed by atoms with Gasteiger partial charge in [0.1, 0.15) is 11.6 Å². The lowest BCUT2D eigenvalue weighted by molar-refractivity contribution is -0.655. The fraction of sp³-hybridized carbons (Fsp3) is 0.273. The first-order valence-electron chi connectivity index (χ1n) is 9.45. The number of rotatable bonds is 4. The first-order chi connectivity index (χ1) is 13.2. The topological polar surface area (TPSA) is 45.6 Å². The Bertz CT molecular complexity index is 921. The minimum Gasteiger partial charge on any atom is -0.345 e. The van der Waals surface area contributed by atoms with Crippen LogP contribution in [0.1, 0.15) is 16.8 Å². The van der Waals surface area contributed by atoms with Crippen LogP contribution < -0.4 is 10.2 Å². The van der Waals surface area contributed by atoms with Gasteiger partial charge in [-0.05, 0) is 24.6 Å². The number of anilines is 1. The molecule has 2 aromatic carbocycles. The molecule has 0 unspecified atom stereocenters. The van der Waals surface area contributed by atoms with Crippen molar-refractivity contribution < 1.29 is 9.71 Å². The summed E-state index contributed by atoms with van der Waals surface area (Å²) in [5.74, 6) is 1.31. The van der Waals surface area contributed by atoms with Gasteiger partial charge in [-0.2, -0.15) is 0 Å². The molecule has 2 heterocycles. The molecule has 0 radical (unpaired) electrons. The number of nitrogens with two attached hydrogens (primary N) is 1. The molecule has 1 aliphatic heterocycles. The van der Waals surface area contributed by atoms with Gasteiger partial charge in [0, 0.05) is 23.2 Å². The van der Waals surface area contributed by atoms with Crippen LogP contribution in [0.5, 0.6) is 0 Å². The van der Waals surface area contributed by atoms with Crippen molar-refractivity contribution in [2.45, 2.75) is 13.3 Å². The van der Waals surface area contributed by atoms with E-state index in [1.54, 1.807) is 6.07 Å². The summed E-state index contributed by atoms with van der Waals surface area (Å²) < 4.78 is 13.7. The molecular weight excluding hydrogens is 339 g/mol. The summed E-state index contributed by atoms with van der Waals surface area (Å²) in [5.41, 5.74) is 4.07. The summed E-state index contributed by atoms with van der Waals surface area (Å²) in [6.07, 6.45) is 0.797. The Hall–Kier alpha value is -2.79. The van der Waals surface area contributed by atoms with Gasteiger partial charge in [0.05, 0.1) is 26.2 Å². The molecule has 1 aliphatic rings. The maximum Gasteiger partial charge on any atom is 0.161 e. The predicted molar refractivity (Wildman–Crippen MR) is 105 cm³/mol. The third kappa shape index (κ3) is 3.98. The van der Waals surface area contributed by atoms with Gasteiger partial charge >= 0.3 is 0 Å². The van der Waals surface area contributed by atoms with E-state index in [2.05, 4.69) is 34.5 Å². The number of nitrogens with zero attached hydrogens (tertiary/aromatic N) is 3. The molecule has 2 N–H and O–H groups in total. The van der Waals surface area contributed by atoms with Crippen molar-refractivity contribution in [2.75, 3.05) is 31.1 Å². The maximum atomic E-state index is 13.7. The van der Waals surface area contributed by atoms with Crippen molar-refractivity contribution in [3.05, 3.63) is 77.2 Å². The van der Waals surface area contributed by atoms with Gasteiger partial charge in [0.15, 0.2) is 5.82 Å². The van der Waals surface area contributed by atoms with Gasteiger partial charge < -0.3 is 10.2 Å². The number of hydrogen-bond donors (Lipinski definition) is 1. The van der Waals surface area contributed by atoms with Crippen molar-refractivity contribution in [3.8, 4) is 11.4 Å². The molecule has 27 heavy (non-hydrogen) atoms. The lowest BCUT2D eigenvalue weighted by atomic mass is 10.0. The Kier molecular flexibility index (Phi) is 5.12. The molecule has 1 aromatic heterocycles. The van der Waals surface area contributed by atoms with Crippen LogP contribution in [0.15, 0.2) is 54.6 Å². The molecule has 1 saturated heterocycles. The largest absolute Gasteiger partial charge is 0.345 e. The zero-order valence-electron chi connectivity index (χ0n) is 15.5. The van der Waals surface area contributed by atoms with Gasteiger partial charge in [0.2, 0.25) is 0 Å². The summed E-state index contributed by atoms with van der Waals surface area (Å²) in [6.45, 7) is 6.07. The summed E-state index contributed by atoms with van der Waals surface area (Å²) in [7, 11) is 0. The Morgan fingerprint density at radius 3 is 2.52 bits per heavy atom. The molecule has 0 spiro atoms. The quantitative estimate of drug-likeness (QED) is 0.775. The summed E-state index contributed by atoms with van der Waals surface area (Å²) in [4.78, 5) is 12.0. The normalized spacial score (nSPS) is 14.4. The average molecular weight is 363 g/mol. The summed E-state index contributed by atoms with van der Waals surface area (Å²) >= 11 is 0. The van der Waals surface area contributed by atoms with Crippen LogP contribution in [-0.2, 0) is 6.42 Å². The Morgan fingerprint density at radius 2 is 1.78 bits per heavy atom. The second-order valence-corrected chi connectivity index (χ2v) is 6.96. The number of aromatic nitrogens is 2. The van der Waals surface area contributed by atoms with Crippen LogP contribution in [0.3, 0.4) is 0 Å². The highest BCUT2D eigenvalue weighted by Crippen LogP contribution is 2.27. The van der Waals surface area contributed by atoms with E-state index >= 15 is 0 Å². The van der Waals surface area contributed by atoms with Gasteiger partial charge in [0.25, 0.3) is 0 Å². The number of halogens is 1. The molecule has 0 amide bonds. The molecule has 3 aromatic rings. The smallest absolute Gasteiger partial charge is 0.161 e. The van der Waals surface area contributed by atoms with E-state index in [-0.39, 0.29) is 5.82 Å². The molecule has 138 valence electrons. The third-order valence-electron chi connectivity index (χ3n) is 5.00. The van der Waals surface area contributed by atoms with Crippen molar-refractivity contribution in [1.82, 2.24) is 9.97 Å². The first kappa shape index (κ1) is 17.6. The van der Waals surface area contributed by atoms with Crippen molar-refractivity contribution in [2.24, 2.45) is 0 Å². The van der Waals surface area contributed by atoms with Crippen LogP contribution >= 0.6 is 0 Å². The second-order valence-electron chi connectivity index (χ2n) is 6.96. The number of hydrogen-bond acceptors (Lipinski definition) is 3. The lowest BCUT2D eigenvalue weighted by Crippen LogP contribution is -2.89. The van der Waals surface area contributed by atoms with Crippen molar-refractivity contribution in [1.29, 1.82) is 0 Å². The summed E-state index contributed by atoms with van der Waals surface area (Å²) in [6, 6.07) is 16.9. The minimum absolute atomic E-state index is 0.267. The third-order valence-corrected chi connectivity index (χ3v) is 5.00. The number of piperazine rings is 1. The molecule has 0 atom stereocenters. The Labute approximate surface area is 159 Å². The second kappa shape index (κ2) is 7.84. The van der Waals surface area contributed by atoms with Crippen LogP contribution in [-0.4, -0.2) is 36.1 Å². The fourth-order valence-corrected chi connectivity index (χ4v) is 3.57. The standard InChI is InChI=1S/C22H23FN4/c1-16-20(14-17-6-3-2-4-7-17)22(27-12-10-24-11-13-27)26-21(25-16)18-8-5-9-19(23)15-18/h2-9,15,24H,10-14H2,1H3/p+1. The Morgan fingerprint density at radius 1 is 1.00 bits per heavy atom. The minimum atomic E-state index is -0.267.